The molecule has 1 fully saturated rings. The first-order valence-electron chi connectivity index (χ1n) is 8.56. The van der Waals surface area contributed by atoms with Crippen LogP contribution in [0.15, 0.2) is 53.5 Å². The number of carbonyl (C=O) groups excluding carboxylic acids is 1. The van der Waals surface area contributed by atoms with Crippen molar-refractivity contribution in [1.82, 2.24) is 20.1 Å². The molecule has 1 N–H and O–H groups in total. The minimum atomic E-state index is -0.184. The van der Waals surface area contributed by atoms with Crippen LogP contribution in [0.25, 0.3) is 0 Å². The molecule has 25 heavy (non-hydrogen) atoms. The first kappa shape index (κ1) is 15.6. The minimum Gasteiger partial charge on any atom is -0.438 e. The van der Waals surface area contributed by atoms with E-state index in [9.17, 15) is 4.79 Å². The van der Waals surface area contributed by atoms with Gasteiger partial charge in [-0.25, -0.2) is 4.98 Å². The first-order chi connectivity index (χ1) is 12.3. The number of nitrogens with zero attached hydrogens (tertiary/aromatic N) is 3. The zero-order valence-corrected chi connectivity index (χ0v) is 13.9. The molecule has 2 aromatic heterocycles. The Bertz CT molecular complexity index is 849. The molecular weight excluding hydrogens is 316 g/mol. The molecule has 1 amide bonds. The Hall–Kier alpha value is -2.89. The van der Waals surface area contributed by atoms with Crippen LogP contribution in [0, 0.1) is 0 Å². The van der Waals surface area contributed by atoms with E-state index in [-0.39, 0.29) is 5.91 Å². The van der Waals surface area contributed by atoms with Crippen LogP contribution in [-0.2, 0) is 13.0 Å². The molecule has 0 spiro atoms. The summed E-state index contributed by atoms with van der Waals surface area (Å²) in [7, 11) is 0. The quantitative estimate of drug-likeness (QED) is 0.720. The number of aromatic nitrogens is 3. The Kier molecular flexibility index (Phi) is 4.33. The summed E-state index contributed by atoms with van der Waals surface area (Å²) in [5.74, 6) is 0.578. The highest BCUT2D eigenvalue weighted by Gasteiger charge is 2.31. The lowest BCUT2D eigenvalue weighted by molar-refractivity contribution is 0.0925. The summed E-state index contributed by atoms with van der Waals surface area (Å²) in [6.45, 7) is 1.29. The van der Waals surface area contributed by atoms with Crippen molar-refractivity contribution in [3.63, 3.8) is 0 Å². The molecule has 0 radical (unpaired) electrons. The van der Waals surface area contributed by atoms with Crippen LogP contribution in [-0.4, -0.2) is 27.2 Å². The summed E-state index contributed by atoms with van der Waals surface area (Å²) >= 11 is 0. The molecule has 128 valence electrons. The molecule has 6 nitrogen and oxygen atoms in total. The van der Waals surface area contributed by atoms with E-state index < -0.39 is 0 Å². The topological polar surface area (TPSA) is 73.0 Å². The molecule has 0 aliphatic heterocycles. The van der Waals surface area contributed by atoms with Crippen LogP contribution in [0.1, 0.15) is 46.1 Å². The lowest BCUT2D eigenvalue weighted by atomic mass is 10.2. The summed E-state index contributed by atoms with van der Waals surface area (Å²) in [6, 6.07) is 10.2. The maximum Gasteiger partial charge on any atom is 0.289 e. The van der Waals surface area contributed by atoms with E-state index in [1.807, 2.05) is 35.3 Å². The molecule has 1 aliphatic rings. The van der Waals surface area contributed by atoms with Crippen molar-refractivity contribution in [2.24, 2.45) is 0 Å². The molecule has 6 heteroatoms. The number of oxazole rings is 1. The van der Waals surface area contributed by atoms with Gasteiger partial charge in [-0.15, -0.1) is 0 Å². The van der Waals surface area contributed by atoms with Crippen molar-refractivity contribution < 1.29 is 9.21 Å². The summed E-state index contributed by atoms with van der Waals surface area (Å²) in [6.07, 6.45) is 8.13. The molecule has 0 bridgehead atoms. The van der Waals surface area contributed by atoms with Crippen molar-refractivity contribution in [2.45, 2.75) is 31.7 Å². The number of rotatable bonds is 7. The number of nitrogens with one attached hydrogen (secondary N) is 1. The highest BCUT2D eigenvalue weighted by Crippen LogP contribution is 2.40. The van der Waals surface area contributed by atoms with E-state index in [1.54, 1.807) is 0 Å². The molecule has 4 rings (SSSR count). The number of amides is 1. The Labute approximate surface area is 145 Å². The Morgan fingerprint density at radius 3 is 2.88 bits per heavy atom. The van der Waals surface area contributed by atoms with Gasteiger partial charge in [-0.1, -0.05) is 30.3 Å². The van der Waals surface area contributed by atoms with Crippen molar-refractivity contribution in [3.05, 3.63) is 71.7 Å². The van der Waals surface area contributed by atoms with Crippen LogP contribution < -0.4 is 5.32 Å². The second kappa shape index (κ2) is 6.93. The van der Waals surface area contributed by atoms with Crippen LogP contribution in [0.3, 0.4) is 0 Å². The Morgan fingerprint density at radius 2 is 2.08 bits per heavy atom. The van der Waals surface area contributed by atoms with Gasteiger partial charge in [0.25, 0.3) is 5.91 Å². The fourth-order valence-corrected chi connectivity index (χ4v) is 2.87. The zero-order chi connectivity index (χ0) is 17.1. The lowest BCUT2D eigenvalue weighted by Gasteiger charge is -2.03. The number of carbonyl (C=O) groups is 1. The third-order valence-electron chi connectivity index (χ3n) is 4.34. The molecule has 1 aliphatic carbocycles. The SMILES string of the molecule is O=C(NCCc1cnn(Cc2ccccc2)c1)c1ocnc1C1CC1. The van der Waals surface area contributed by atoms with Crippen LogP contribution in [0.2, 0.25) is 0 Å². The molecule has 3 aromatic rings. The van der Waals surface area contributed by atoms with Crippen molar-refractivity contribution in [3.8, 4) is 0 Å². The highest BCUT2D eigenvalue weighted by atomic mass is 16.3. The van der Waals surface area contributed by atoms with Crippen molar-refractivity contribution in [2.75, 3.05) is 6.54 Å². The van der Waals surface area contributed by atoms with Gasteiger partial charge in [-0.05, 0) is 30.4 Å². The second-order valence-corrected chi connectivity index (χ2v) is 6.38. The normalized spacial score (nSPS) is 13.8. The molecule has 1 aromatic carbocycles. The van der Waals surface area contributed by atoms with Crippen LogP contribution in [0.5, 0.6) is 0 Å². The van der Waals surface area contributed by atoms with Gasteiger partial charge in [0.05, 0.1) is 18.4 Å². The smallest absolute Gasteiger partial charge is 0.289 e. The van der Waals surface area contributed by atoms with Gasteiger partial charge >= 0.3 is 0 Å². The van der Waals surface area contributed by atoms with E-state index in [4.69, 9.17) is 4.42 Å². The number of hydrogen-bond donors (Lipinski definition) is 1. The van der Waals surface area contributed by atoms with Gasteiger partial charge < -0.3 is 9.73 Å². The molecule has 2 heterocycles. The predicted molar refractivity (Wildman–Crippen MR) is 92.3 cm³/mol. The Balaban J connectivity index is 1.28. The average molecular weight is 336 g/mol. The summed E-state index contributed by atoms with van der Waals surface area (Å²) < 4.78 is 7.17. The first-order valence-corrected chi connectivity index (χ1v) is 8.56. The minimum absolute atomic E-state index is 0.184. The molecular formula is C19H20N4O2. The van der Waals surface area contributed by atoms with Gasteiger partial charge in [0.15, 0.2) is 6.39 Å². The van der Waals surface area contributed by atoms with Gasteiger partial charge in [0.2, 0.25) is 5.76 Å². The van der Waals surface area contributed by atoms with Crippen LogP contribution in [0.4, 0.5) is 0 Å². The van der Waals surface area contributed by atoms with Gasteiger partial charge in [-0.3, -0.25) is 9.48 Å². The molecule has 0 atom stereocenters. The summed E-state index contributed by atoms with van der Waals surface area (Å²) in [5.41, 5.74) is 3.10. The van der Waals surface area contributed by atoms with E-state index in [2.05, 4.69) is 27.5 Å². The van der Waals surface area contributed by atoms with E-state index in [0.29, 0.717) is 18.2 Å². The zero-order valence-electron chi connectivity index (χ0n) is 13.9. The van der Waals surface area contributed by atoms with Gasteiger partial charge in [0, 0.05) is 18.7 Å². The maximum atomic E-state index is 12.2. The standard InChI is InChI=1S/C19H20N4O2/c24-19(18-17(16-6-7-16)21-13-25-18)20-9-8-15-10-22-23(12-15)11-14-4-2-1-3-5-14/h1-5,10,12-13,16H,6-9,11H2,(H,20,24). The van der Waals surface area contributed by atoms with Crippen molar-refractivity contribution in [1.29, 1.82) is 0 Å². The molecule has 0 saturated heterocycles. The summed E-state index contributed by atoms with van der Waals surface area (Å²) in [5, 5.41) is 7.29. The fraction of sp³-hybridized carbons (Fsp3) is 0.316. The second-order valence-electron chi connectivity index (χ2n) is 6.38. The largest absolute Gasteiger partial charge is 0.438 e. The maximum absolute atomic E-state index is 12.2. The highest BCUT2D eigenvalue weighted by molar-refractivity contribution is 5.92. The third-order valence-corrected chi connectivity index (χ3v) is 4.34. The molecule has 0 unspecified atom stereocenters. The lowest BCUT2D eigenvalue weighted by Crippen LogP contribution is -2.26. The summed E-state index contributed by atoms with van der Waals surface area (Å²) in [4.78, 5) is 16.4. The van der Waals surface area contributed by atoms with Gasteiger partial charge in [0.1, 0.15) is 0 Å². The van der Waals surface area contributed by atoms with E-state index in [1.165, 1.54) is 12.0 Å². The Morgan fingerprint density at radius 1 is 1.24 bits per heavy atom. The average Bonchev–Trinajstić information content (AvgIpc) is 3.18. The predicted octanol–water partition coefficient (Wildman–Crippen LogP) is 2.77. The number of hydrogen-bond acceptors (Lipinski definition) is 4. The van der Waals surface area contributed by atoms with E-state index in [0.717, 1.165) is 37.1 Å². The van der Waals surface area contributed by atoms with Crippen LogP contribution >= 0.6 is 0 Å². The van der Waals surface area contributed by atoms with Crippen molar-refractivity contribution >= 4 is 5.91 Å². The fourth-order valence-electron chi connectivity index (χ4n) is 2.87. The molecule has 1 saturated carbocycles. The van der Waals surface area contributed by atoms with Gasteiger partial charge in [-0.2, -0.15) is 5.10 Å². The van der Waals surface area contributed by atoms with E-state index >= 15 is 0 Å². The third kappa shape index (κ3) is 3.79. The number of benzene rings is 1. The monoisotopic (exact) mass is 336 g/mol.